The molecular formula is C18H18N2O4S2. The average Bonchev–Trinajstić information content (AvgIpc) is 3.13. The van der Waals surface area contributed by atoms with E-state index in [1.807, 2.05) is 12.1 Å². The highest BCUT2D eigenvalue weighted by atomic mass is 32.2. The third kappa shape index (κ3) is 3.12. The molecule has 2 aromatic rings. The summed E-state index contributed by atoms with van der Waals surface area (Å²) < 4.78 is 1.70. The van der Waals surface area contributed by atoms with Crippen molar-refractivity contribution in [2.75, 3.05) is 10.7 Å². The van der Waals surface area contributed by atoms with E-state index in [1.165, 1.54) is 28.0 Å². The normalized spacial score (nSPS) is 22.8. The number of benzene rings is 1. The van der Waals surface area contributed by atoms with Crippen LogP contribution in [0.3, 0.4) is 0 Å². The van der Waals surface area contributed by atoms with E-state index in [9.17, 15) is 14.4 Å². The Labute approximate surface area is 158 Å². The molecule has 8 heteroatoms. The molecule has 0 unspecified atom stereocenters. The lowest BCUT2D eigenvalue weighted by molar-refractivity contribution is -0.136. The first-order valence-corrected chi connectivity index (χ1v) is 10.5. The van der Waals surface area contributed by atoms with Crippen LogP contribution in [0.5, 0.6) is 0 Å². The van der Waals surface area contributed by atoms with Crippen molar-refractivity contribution < 1.29 is 19.5 Å². The zero-order chi connectivity index (χ0) is 18.3. The predicted molar refractivity (Wildman–Crippen MR) is 101 cm³/mol. The summed E-state index contributed by atoms with van der Waals surface area (Å²) in [5.41, 5.74) is 1.42. The molecular weight excluding hydrogens is 372 g/mol. The van der Waals surface area contributed by atoms with Gasteiger partial charge in [-0.2, -0.15) is 0 Å². The molecule has 1 N–H and O–H groups in total. The first kappa shape index (κ1) is 17.5. The van der Waals surface area contributed by atoms with E-state index in [1.54, 1.807) is 6.07 Å². The van der Waals surface area contributed by atoms with Crippen molar-refractivity contribution in [1.29, 1.82) is 0 Å². The molecule has 26 heavy (non-hydrogen) atoms. The summed E-state index contributed by atoms with van der Waals surface area (Å²) >= 11 is 2.87. The van der Waals surface area contributed by atoms with Crippen LogP contribution < -0.4 is 4.90 Å². The number of hydrogen-bond donors (Lipinski definition) is 1. The van der Waals surface area contributed by atoms with Crippen molar-refractivity contribution in [2.45, 2.75) is 36.4 Å². The molecule has 1 aliphatic carbocycles. The van der Waals surface area contributed by atoms with Gasteiger partial charge in [0.15, 0.2) is 4.34 Å². The third-order valence-corrected chi connectivity index (χ3v) is 7.16. The minimum Gasteiger partial charge on any atom is -0.481 e. The van der Waals surface area contributed by atoms with Crippen molar-refractivity contribution in [3.8, 4) is 0 Å². The van der Waals surface area contributed by atoms with Crippen molar-refractivity contribution in [3.05, 3.63) is 18.2 Å². The van der Waals surface area contributed by atoms with Gasteiger partial charge in [-0.25, -0.2) is 4.98 Å². The number of nitrogens with zero attached hydrogens (tertiary/aromatic N) is 2. The van der Waals surface area contributed by atoms with E-state index < -0.39 is 5.97 Å². The van der Waals surface area contributed by atoms with Crippen LogP contribution in [0, 0.1) is 11.8 Å². The number of amides is 2. The van der Waals surface area contributed by atoms with Gasteiger partial charge < -0.3 is 5.11 Å². The van der Waals surface area contributed by atoms with Gasteiger partial charge in [-0.05, 0) is 31.0 Å². The number of carboxylic acids is 1. The van der Waals surface area contributed by atoms with Gasteiger partial charge in [-0.3, -0.25) is 19.3 Å². The molecule has 6 nitrogen and oxygen atoms in total. The fraction of sp³-hybridized carbons (Fsp3) is 0.444. The smallest absolute Gasteiger partial charge is 0.304 e. The van der Waals surface area contributed by atoms with E-state index in [0.29, 0.717) is 11.4 Å². The van der Waals surface area contributed by atoms with E-state index in [2.05, 4.69) is 4.98 Å². The number of thiazole rings is 1. The number of carboxylic acid groups (broad SMARTS) is 1. The van der Waals surface area contributed by atoms with E-state index in [0.717, 1.165) is 40.2 Å². The molecule has 1 aliphatic heterocycles. The lowest BCUT2D eigenvalue weighted by atomic mass is 9.81. The van der Waals surface area contributed by atoms with Crippen LogP contribution in [0.2, 0.25) is 0 Å². The first-order valence-electron chi connectivity index (χ1n) is 8.67. The number of aromatic nitrogens is 1. The van der Waals surface area contributed by atoms with Gasteiger partial charge in [0.2, 0.25) is 11.8 Å². The van der Waals surface area contributed by atoms with Crippen LogP contribution in [0.1, 0.15) is 32.1 Å². The number of fused-ring (bicyclic) bond motifs is 2. The third-order valence-electron chi connectivity index (χ3n) is 4.99. The summed E-state index contributed by atoms with van der Waals surface area (Å²) in [5.74, 6) is -0.812. The number of imide groups is 1. The molecule has 2 atom stereocenters. The highest BCUT2D eigenvalue weighted by Crippen LogP contribution is 2.41. The van der Waals surface area contributed by atoms with Gasteiger partial charge >= 0.3 is 5.97 Å². The Balaban J connectivity index is 1.58. The molecule has 0 spiro atoms. The van der Waals surface area contributed by atoms with Crippen molar-refractivity contribution in [2.24, 2.45) is 11.8 Å². The lowest BCUT2D eigenvalue weighted by Gasteiger charge is -2.19. The number of anilines is 1. The van der Waals surface area contributed by atoms with E-state index in [4.69, 9.17) is 5.11 Å². The maximum atomic E-state index is 12.7. The molecule has 0 radical (unpaired) electrons. The Morgan fingerprint density at radius 1 is 1.23 bits per heavy atom. The van der Waals surface area contributed by atoms with Crippen LogP contribution in [-0.4, -0.2) is 33.6 Å². The van der Waals surface area contributed by atoms with Gasteiger partial charge in [-0.1, -0.05) is 24.6 Å². The summed E-state index contributed by atoms with van der Waals surface area (Å²) in [5, 5.41) is 8.73. The molecule has 1 aromatic carbocycles. The van der Waals surface area contributed by atoms with Gasteiger partial charge in [0, 0.05) is 5.75 Å². The molecule has 1 aromatic heterocycles. The summed E-state index contributed by atoms with van der Waals surface area (Å²) in [6.07, 6.45) is 3.72. The molecule has 2 amide bonds. The van der Waals surface area contributed by atoms with Crippen molar-refractivity contribution in [1.82, 2.24) is 4.98 Å². The Hall–Kier alpha value is -1.93. The highest BCUT2D eigenvalue weighted by Gasteiger charge is 2.48. The molecule has 2 heterocycles. The molecule has 136 valence electrons. The number of rotatable bonds is 5. The molecule has 2 fully saturated rings. The van der Waals surface area contributed by atoms with E-state index >= 15 is 0 Å². The standard InChI is InChI=1S/C18H18N2O4S2/c21-15(22)7-8-25-18-19-13-6-5-10(9-14(13)26-18)20-16(23)11-3-1-2-4-12(11)17(20)24/h5-6,9,11-12H,1-4,7-8H2,(H,21,22)/t11-,12-/m0/s1. The summed E-state index contributed by atoms with van der Waals surface area (Å²) in [6, 6.07) is 5.45. The maximum Gasteiger partial charge on any atom is 0.304 e. The number of hydrogen-bond acceptors (Lipinski definition) is 6. The minimum absolute atomic E-state index is 0.0698. The molecule has 2 aliphatic rings. The van der Waals surface area contributed by atoms with Crippen LogP contribution in [0.15, 0.2) is 22.5 Å². The zero-order valence-corrected chi connectivity index (χ0v) is 15.6. The van der Waals surface area contributed by atoms with Crippen LogP contribution in [0.25, 0.3) is 10.2 Å². The Kier molecular flexibility index (Phi) is 4.71. The van der Waals surface area contributed by atoms with Crippen molar-refractivity contribution >= 4 is 56.8 Å². The van der Waals surface area contributed by atoms with Gasteiger partial charge in [-0.15, -0.1) is 11.3 Å². The van der Waals surface area contributed by atoms with Crippen molar-refractivity contribution in [3.63, 3.8) is 0 Å². The second-order valence-corrected chi connectivity index (χ2v) is 9.01. The fourth-order valence-corrected chi connectivity index (χ4v) is 5.83. The molecule has 1 saturated carbocycles. The Morgan fingerprint density at radius 3 is 2.58 bits per heavy atom. The highest BCUT2D eigenvalue weighted by molar-refractivity contribution is 8.01. The molecule has 4 rings (SSSR count). The Bertz CT molecular complexity index is 870. The lowest BCUT2D eigenvalue weighted by Crippen LogP contribution is -2.30. The van der Waals surface area contributed by atoms with Crippen LogP contribution >= 0.6 is 23.1 Å². The average molecular weight is 390 g/mol. The number of carbonyl (C=O) groups excluding carboxylic acids is 2. The minimum atomic E-state index is -0.826. The predicted octanol–water partition coefficient (Wildman–Crippen LogP) is 3.54. The SMILES string of the molecule is O=C(O)CCSc1nc2ccc(N3C(=O)[C@H]4CCCC[C@@H]4C3=O)cc2s1. The van der Waals surface area contributed by atoms with E-state index in [-0.39, 0.29) is 30.1 Å². The van der Waals surface area contributed by atoms with Gasteiger partial charge in [0.25, 0.3) is 0 Å². The van der Waals surface area contributed by atoms with Crippen LogP contribution in [0.4, 0.5) is 5.69 Å². The molecule has 1 saturated heterocycles. The largest absolute Gasteiger partial charge is 0.481 e. The fourth-order valence-electron chi connectivity index (χ4n) is 3.74. The summed E-state index contributed by atoms with van der Waals surface area (Å²) in [4.78, 5) is 41.9. The van der Waals surface area contributed by atoms with Gasteiger partial charge in [0.05, 0.1) is 34.2 Å². The maximum absolute atomic E-state index is 12.7. The molecule has 0 bridgehead atoms. The number of aliphatic carboxylic acids is 1. The summed E-state index contributed by atoms with van der Waals surface area (Å²) in [7, 11) is 0. The van der Waals surface area contributed by atoms with Crippen LogP contribution in [-0.2, 0) is 14.4 Å². The summed E-state index contributed by atoms with van der Waals surface area (Å²) in [6.45, 7) is 0. The van der Waals surface area contributed by atoms with Gasteiger partial charge in [0.1, 0.15) is 0 Å². The monoisotopic (exact) mass is 390 g/mol. The number of thioether (sulfide) groups is 1. The second-order valence-electron chi connectivity index (χ2n) is 6.63. The first-order chi connectivity index (χ1) is 12.5. The number of carbonyl (C=O) groups is 3. The Morgan fingerprint density at radius 2 is 1.92 bits per heavy atom. The topological polar surface area (TPSA) is 87.6 Å². The zero-order valence-electron chi connectivity index (χ0n) is 14.0. The second kappa shape index (κ2) is 7.00. The quantitative estimate of drug-likeness (QED) is 0.621.